The van der Waals surface area contributed by atoms with E-state index in [1.165, 1.54) is 6.33 Å². The largest absolute Gasteiger partial charge is 0.383 e. The van der Waals surface area contributed by atoms with Crippen molar-refractivity contribution in [2.45, 2.75) is 13.3 Å². The molecule has 0 atom stereocenters. The molecule has 82 valence electrons. The van der Waals surface area contributed by atoms with Crippen LogP contribution in [0.3, 0.4) is 0 Å². The third kappa shape index (κ3) is 2.46. The lowest BCUT2D eigenvalue weighted by molar-refractivity contribution is -0.117. The third-order valence-corrected chi connectivity index (χ3v) is 1.77. The van der Waals surface area contributed by atoms with Gasteiger partial charge in [-0.1, -0.05) is 0 Å². The molecule has 5 N–H and O–H groups in total. The Hall–Kier alpha value is -2.05. The van der Waals surface area contributed by atoms with Crippen LogP contribution in [0.1, 0.15) is 12.6 Å². The highest BCUT2D eigenvalue weighted by molar-refractivity contribution is 5.82. The molecule has 0 aliphatic carbocycles. The average Bonchev–Trinajstić information content (AvgIpc) is 2.48. The van der Waals surface area contributed by atoms with E-state index in [0.717, 1.165) is 4.57 Å². The van der Waals surface area contributed by atoms with Crippen molar-refractivity contribution >= 4 is 17.8 Å². The van der Waals surface area contributed by atoms with Gasteiger partial charge in [-0.05, 0) is 6.92 Å². The smallest absolute Gasteiger partial charge is 0.328 e. The number of amides is 2. The Labute approximate surface area is 86.4 Å². The van der Waals surface area contributed by atoms with Gasteiger partial charge in [0.25, 0.3) is 0 Å². The molecule has 0 spiro atoms. The summed E-state index contributed by atoms with van der Waals surface area (Å²) in [6.07, 6.45) is 1.19. The fourth-order valence-electron chi connectivity index (χ4n) is 1.09. The zero-order chi connectivity index (χ0) is 11.4. The minimum Gasteiger partial charge on any atom is -0.383 e. The summed E-state index contributed by atoms with van der Waals surface area (Å²) in [7, 11) is 0. The Kier molecular flexibility index (Phi) is 3.27. The van der Waals surface area contributed by atoms with Crippen LogP contribution in [0, 0.1) is 0 Å². The van der Waals surface area contributed by atoms with Crippen molar-refractivity contribution in [3.8, 4) is 0 Å². The minimum absolute atomic E-state index is 0.0712. The molecule has 0 radical (unpaired) electrons. The SMILES string of the molecule is CCNC(=O)n1cnc(CC(N)=O)c1N. The van der Waals surface area contributed by atoms with Crippen LogP contribution in [-0.4, -0.2) is 28.0 Å². The predicted molar refractivity (Wildman–Crippen MR) is 54.0 cm³/mol. The molecule has 2 amide bonds. The minimum atomic E-state index is -0.539. The van der Waals surface area contributed by atoms with Crippen molar-refractivity contribution in [1.82, 2.24) is 14.9 Å². The van der Waals surface area contributed by atoms with Crippen LogP contribution in [0.25, 0.3) is 0 Å². The summed E-state index contributed by atoms with van der Waals surface area (Å²) < 4.78 is 1.14. The van der Waals surface area contributed by atoms with E-state index in [4.69, 9.17) is 11.5 Å². The Morgan fingerprint density at radius 2 is 2.27 bits per heavy atom. The number of primary amides is 1. The molecule has 0 bridgehead atoms. The first-order chi connectivity index (χ1) is 7.06. The monoisotopic (exact) mass is 211 g/mol. The number of hydrogen-bond acceptors (Lipinski definition) is 4. The molecule has 0 saturated carbocycles. The quantitative estimate of drug-likeness (QED) is 0.598. The van der Waals surface area contributed by atoms with Gasteiger partial charge in [0.15, 0.2) is 0 Å². The van der Waals surface area contributed by atoms with Crippen LogP contribution in [0.2, 0.25) is 0 Å². The van der Waals surface area contributed by atoms with E-state index < -0.39 is 5.91 Å². The maximum atomic E-state index is 11.4. The maximum Gasteiger partial charge on any atom is 0.328 e. The van der Waals surface area contributed by atoms with Crippen molar-refractivity contribution < 1.29 is 9.59 Å². The first-order valence-electron chi connectivity index (χ1n) is 4.44. The molecule has 0 saturated heterocycles. The van der Waals surface area contributed by atoms with Crippen molar-refractivity contribution in [3.63, 3.8) is 0 Å². The molecule has 7 heteroatoms. The summed E-state index contributed by atoms with van der Waals surface area (Å²) in [6.45, 7) is 2.27. The summed E-state index contributed by atoms with van der Waals surface area (Å²) in [4.78, 5) is 25.9. The number of nitrogen functional groups attached to an aromatic ring is 1. The average molecular weight is 211 g/mol. The van der Waals surface area contributed by atoms with Gasteiger partial charge in [0.05, 0.1) is 12.1 Å². The van der Waals surface area contributed by atoms with Gasteiger partial charge in [-0.15, -0.1) is 0 Å². The fourth-order valence-corrected chi connectivity index (χ4v) is 1.09. The second kappa shape index (κ2) is 4.45. The van der Waals surface area contributed by atoms with Gasteiger partial charge >= 0.3 is 6.03 Å². The van der Waals surface area contributed by atoms with Crippen molar-refractivity contribution in [3.05, 3.63) is 12.0 Å². The molecule has 1 aromatic heterocycles. The molecule has 1 rings (SSSR count). The van der Waals surface area contributed by atoms with E-state index in [9.17, 15) is 9.59 Å². The molecule has 0 unspecified atom stereocenters. The van der Waals surface area contributed by atoms with Gasteiger partial charge in [0.1, 0.15) is 12.1 Å². The highest BCUT2D eigenvalue weighted by Crippen LogP contribution is 2.09. The fraction of sp³-hybridized carbons (Fsp3) is 0.375. The van der Waals surface area contributed by atoms with Gasteiger partial charge < -0.3 is 16.8 Å². The highest BCUT2D eigenvalue weighted by Gasteiger charge is 2.13. The van der Waals surface area contributed by atoms with Crippen LogP contribution < -0.4 is 16.8 Å². The number of carbonyl (C=O) groups is 2. The number of hydrogen-bond donors (Lipinski definition) is 3. The van der Waals surface area contributed by atoms with E-state index in [1.54, 1.807) is 6.92 Å². The summed E-state index contributed by atoms with van der Waals surface area (Å²) in [6, 6.07) is -0.377. The van der Waals surface area contributed by atoms with Crippen LogP contribution in [0.15, 0.2) is 6.33 Å². The van der Waals surface area contributed by atoms with Crippen LogP contribution in [-0.2, 0) is 11.2 Å². The number of anilines is 1. The first-order valence-corrected chi connectivity index (χ1v) is 4.44. The Morgan fingerprint density at radius 3 is 2.80 bits per heavy atom. The first kappa shape index (κ1) is 11.0. The zero-order valence-electron chi connectivity index (χ0n) is 8.36. The molecule has 15 heavy (non-hydrogen) atoms. The van der Waals surface area contributed by atoms with Crippen molar-refractivity contribution in [2.75, 3.05) is 12.3 Å². The van der Waals surface area contributed by atoms with E-state index >= 15 is 0 Å². The molecule has 1 heterocycles. The number of imidazole rings is 1. The molecule has 0 aliphatic heterocycles. The van der Waals surface area contributed by atoms with Crippen molar-refractivity contribution in [1.29, 1.82) is 0 Å². The number of rotatable bonds is 3. The number of carbonyl (C=O) groups excluding carboxylic acids is 2. The zero-order valence-corrected chi connectivity index (χ0v) is 8.36. The van der Waals surface area contributed by atoms with Gasteiger partial charge in [0, 0.05) is 6.54 Å². The van der Waals surface area contributed by atoms with E-state index in [-0.39, 0.29) is 18.3 Å². The maximum absolute atomic E-state index is 11.4. The summed E-state index contributed by atoms with van der Waals surface area (Å²) >= 11 is 0. The van der Waals surface area contributed by atoms with E-state index in [0.29, 0.717) is 12.2 Å². The number of nitrogens with two attached hydrogens (primary N) is 2. The normalized spacial score (nSPS) is 9.93. The molecule has 0 aliphatic rings. The van der Waals surface area contributed by atoms with Gasteiger partial charge in [-0.25, -0.2) is 14.3 Å². The highest BCUT2D eigenvalue weighted by atomic mass is 16.2. The van der Waals surface area contributed by atoms with E-state index in [1.807, 2.05) is 0 Å². The molecule has 1 aromatic rings. The molecular formula is C8H13N5O2. The second-order valence-electron chi connectivity index (χ2n) is 2.93. The Balaban J connectivity index is 2.88. The lowest BCUT2D eigenvalue weighted by Gasteiger charge is -2.04. The van der Waals surface area contributed by atoms with Crippen LogP contribution in [0.4, 0.5) is 10.6 Å². The van der Waals surface area contributed by atoms with Crippen molar-refractivity contribution in [2.24, 2.45) is 5.73 Å². The molecule has 0 fully saturated rings. The predicted octanol–water partition coefficient (Wildman–Crippen LogP) is -0.929. The number of nitrogens with one attached hydrogen (secondary N) is 1. The third-order valence-electron chi connectivity index (χ3n) is 1.77. The Morgan fingerprint density at radius 1 is 1.60 bits per heavy atom. The standard InChI is InChI=1S/C8H13N5O2/c1-2-11-8(15)13-4-12-5(7(13)10)3-6(9)14/h4H,2-3,10H2,1H3,(H2,9,14)(H,11,15). The lowest BCUT2D eigenvalue weighted by atomic mass is 10.3. The summed E-state index contributed by atoms with van der Waals surface area (Å²) in [5.41, 5.74) is 10.9. The van der Waals surface area contributed by atoms with Gasteiger partial charge in [0.2, 0.25) is 5.91 Å². The Bertz CT molecular complexity index is 384. The van der Waals surface area contributed by atoms with Crippen LogP contribution in [0.5, 0.6) is 0 Å². The molecular weight excluding hydrogens is 198 g/mol. The van der Waals surface area contributed by atoms with E-state index in [2.05, 4.69) is 10.3 Å². The topological polar surface area (TPSA) is 116 Å². The van der Waals surface area contributed by atoms with Crippen LogP contribution >= 0.6 is 0 Å². The van der Waals surface area contributed by atoms with Gasteiger partial charge in [-0.3, -0.25) is 4.79 Å². The summed E-state index contributed by atoms with van der Waals surface area (Å²) in [5.74, 6) is -0.400. The number of nitrogens with zero attached hydrogens (tertiary/aromatic N) is 2. The lowest BCUT2D eigenvalue weighted by Crippen LogP contribution is -2.28. The second-order valence-corrected chi connectivity index (χ2v) is 2.93. The number of aromatic nitrogens is 2. The molecule has 0 aromatic carbocycles. The van der Waals surface area contributed by atoms with Gasteiger partial charge in [-0.2, -0.15) is 0 Å². The summed E-state index contributed by atoms with van der Waals surface area (Å²) in [5, 5.41) is 2.56. The molecule has 7 nitrogen and oxygen atoms in total.